The van der Waals surface area contributed by atoms with Crippen molar-refractivity contribution in [3.63, 3.8) is 0 Å². The molecule has 2 heterocycles. The molecule has 5 atom stereocenters. The lowest BCUT2D eigenvalue weighted by Gasteiger charge is -2.35. The lowest BCUT2D eigenvalue weighted by Crippen LogP contribution is -2.46. The number of hydrogen-bond acceptors (Lipinski definition) is 7. The molecule has 0 unspecified atom stereocenters. The smallest absolute Gasteiger partial charge is 0.309 e. The van der Waals surface area contributed by atoms with E-state index in [0.29, 0.717) is 24.4 Å². The SMILES string of the molecule is CC[C@H]1C(=O)C(C)(C)[C@@H](O)CC(=O)O[C@H](C(Cl)=Cc2coc(C)n2)CC=C(C)CCC[C@H](C)[C@@H]1O. The summed E-state index contributed by atoms with van der Waals surface area (Å²) in [7, 11) is 0. The molecule has 196 valence electrons. The molecule has 0 aliphatic carbocycles. The maximum absolute atomic E-state index is 13.4. The number of aromatic nitrogens is 1. The van der Waals surface area contributed by atoms with Crippen LogP contribution in [0.4, 0.5) is 0 Å². The molecule has 0 spiro atoms. The topological polar surface area (TPSA) is 110 Å². The van der Waals surface area contributed by atoms with E-state index in [-0.39, 0.29) is 23.2 Å². The van der Waals surface area contributed by atoms with Crippen LogP contribution in [0.3, 0.4) is 0 Å². The number of allylic oxidation sites excluding steroid dienone is 1. The summed E-state index contributed by atoms with van der Waals surface area (Å²) >= 11 is 6.53. The van der Waals surface area contributed by atoms with Crippen molar-refractivity contribution in [3.05, 3.63) is 34.5 Å². The average Bonchev–Trinajstić information content (AvgIpc) is 3.20. The van der Waals surface area contributed by atoms with Crippen molar-refractivity contribution >= 4 is 29.4 Å². The number of hydrogen-bond donors (Lipinski definition) is 2. The molecule has 0 saturated carbocycles. The predicted molar refractivity (Wildman–Crippen MR) is 136 cm³/mol. The van der Waals surface area contributed by atoms with Crippen molar-refractivity contribution in [1.82, 2.24) is 4.98 Å². The summed E-state index contributed by atoms with van der Waals surface area (Å²) < 4.78 is 10.9. The molecule has 2 rings (SSSR count). The molecule has 0 amide bonds. The molecular weight excluding hydrogens is 470 g/mol. The van der Waals surface area contributed by atoms with Crippen LogP contribution in [0.25, 0.3) is 6.08 Å². The number of halogens is 1. The second kappa shape index (κ2) is 12.8. The van der Waals surface area contributed by atoms with Gasteiger partial charge in [-0.05, 0) is 44.6 Å². The first-order valence-corrected chi connectivity index (χ1v) is 12.8. The van der Waals surface area contributed by atoms with Gasteiger partial charge in [-0.3, -0.25) is 9.59 Å². The summed E-state index contributed by atoms with van der Waals surface area (Å²) in [6.45, 7) is 10.8. The summed E-state index contributed by atoms with van der Waals surface area (Å²) in [5.74, 6) is -1.11. The van der Waals surface area contributed by atoms with E-state index in [9.17, 15) is 19.8 Å². The Hall–Kier alpha value is -1.96. The highest BCUT2D eigenvalue weighted by molar-refractivity contribution is 6.32. The molecule has 0 fully saturated rings. The first-order valence-electron chi connectivity index (χ1n) is 12.4. The Kier molecular flexibility index (Phi) is 10.7. The van der Waals surface area contributed by atoms with E-state index in [1.165, 1.54) is 6.26 Å². The number of rotatable bonds is 3. The Labute approximate surface area is 213 Å². The number of carbonyl (C=O) groups excluding carboxylic acids is 2. The van der Waals surface area contributed by atoms with E-state index in [1.807, 2.05) is 26.8 Å². The van der Waals surface area contributed by atoms with E-state index in [1.54, 1.807) is 26.8 Å². The molecule has 0 bridgehead atoms. The van der Waals surface area contributed by atoms with Crippen LogP contribution in [-0.4, -0.2) is 45.3 Å². The molecule has 0 aromatic carbocycles. The van der Waals surface area contributed by atoms with Crippen molar-refractivity contribution in [2.24, 2.45) is 17.3 Å². The standard InChI is InChI=1S/C27H40ClNO6/c1-7-20-25(32)17(3)10-8-9-16(2)11-12-22(21(28)13-19-15-34-18(4)29-19)35-24(31)14-23(30)27(5,6)26(20)33/h11,13,15,17,20,22-23,25,30,32H,7-10,12,14H2,1-6H3/t17-,20+,22-,23-,25-/m0/s1. The fraction of sp³-hybridized carbons (Fsp3) is 0.667. The molecule has 1 aliphatic heterocycles. The second-order valence-electron chi connectivity index (χ2n) is 10.3. The minimum absolute atomic E-state index is 0.0708. The van der Waals surface area contributed by atoms with E-state index in [0.717, 1.165) is 24.8 Å². The first kappa shape index (κ1) is 29.3. The number of cyclic esters (lactones) is 1. The number of aliphatic hydroxyl groups is 2. The summed E-state index contributed by atoms with van der Waals surface area (Å²) in [6, 6.07) is 0. The zero-order valence-electron chi connectivity index (χ0n) is 21.7. The van der Waals surface area contributed by atoms with Gasteiger partial charge in [-0.2, -0.15) is 0 Å². The summed E-state index contributed by atoms with van der Waals surface area (Å²) in [4.78, 5) is 30.4. The lowest BCUT2D eigenvalue weighted by atomic mass is 9.71. The number of esters is 1. The highest BCUT2D eigenvalue weighted by Crippen LogP contribution is 2.34. The van der Waals surface area contributed by atoms with Crippen molar-refractivity contribution < 1.29 is 29.0 Å². The van der Waals surface area contributed by atoms with E-state index < -0.39 is 35.6 Å². The van der Waals surface area contributed by atoms with Crippen LogP contribution in [0.5, 0.6) is 0 Å². The first-order chi connectivity index (χ1) is 16.4. The molecule has 1 aromatic rings. The molecule has 1 aliphatic rings. The Bertz CT molecular complexity index is 934. The molecule has 1 aromatic heterocycles. The number of oxazole rings is 1. The predicted octanol–water partition coefficient (Wildman–Crippen LogP) is 5.36. The molecule has 0 radical (unpaired) electrons. The van der Waals surface area contributed by atoms with E-state index in [2.05, 4.69) is 4.98 Å². The van der Waals surface area contributed by atoms with Gasteiger partial charge >= 0.3 is 5.97 Å². The van der Waals surface area contributed by atoms with Crippen molar-refractivity contribution in [2.75, 3.05) is 0 Å². The zero-order chi connectivity index (χ0) is 26.3. The fourth-order valence-corrected chi connectivity index (χ4v) is 4.67. The van der Waals surface area contributed by atoms with Crippen LogP contribution in [0.15, 0.2) is 27.4 Å². The second-order valence-corrected chi connectivity index (χ2v) is 10.7. The van der Waals surface area contributed by atoms with Gasteiger partial charge in [-0.1, -0.05) is 50.9 Å². The molecule has 2 N–H and O–H groups in total. The molecule has 0 saturated heterocycles. The minimum atomic E-state index is -1.27. The normalized spacial score (nSPS) is 30.0. The van der Waals surface area contributed by atoms with E-state index >= 15 is 0 Å². The van der Waals surface area contributed by atoms with Crippen molar-refractivity contribution in [3.8, 4) is 0 Å². The maximum Gasteiger partial charge on any atom is 0.309 e. The average molecular weight is 510 g/mol. The van der Waals surface area contributed by atoms with Gasteiger partial charge in [0.25, 0.3) is 0 Å². The van der Waals surface area contributed by atoms with Crippen LogP contribution in [0.1, 0.15) is 84.7 Å². The van der Waals surface area contributed by atoms with Gasteiger partial charge in [-0.15, -0.1) is 0 Å². The summed E-state index contributed by atoms with van der Waals surface area (Å²) in [6.07, 6.45) is 5.09. The number of carbonyl (C=O) groups is 2. The van der Waals surface area contributed by atoms with Gasteiger partial charge in [-0.25, -0.2) is 4.98 Å². The van der Waals surface area contributed by atoms with Crippen LogP contribution in [-0.2, 0) is 14.3 Å². The quantitative estimate of drug-likeness (QED) is 0.416. The van der Waals surface area contributed by atoms with Crippen LogP contribution >= 0.6 is 11.6 Å². The van der Waals surface area contributed by atoms with Gasteiger partial charge in [0.1, 0.15) is 23.8 Å². The molecule has 8 heteroatoms. The third kappa shape index (κ3) is 8.02. The highest BCUT2D eigenvalue weighted by Gasteiger charge is 2.43. The monoisotopic (exact) mass is 509 g/mol. The van der Waals surface area contributed by atoms with Gasteiger partial charge in [0.2, 0.25) is 0 Å². The van der Waals surface area contributed by atoms with Gasteiger partial charge in [0, 0.05) is 19.3 Å². The number of ether oxygens (including phenoxy) is 1. The third-order valence-electron chi connectivity index (χ3n) is 7.01. The molecular formula is C27H40ClNO6. The largest absolute Gasteiger partial charge is 0.456 e. The number of aliphatic hydroxyl groups excluding tert-OH is 2. The summed E-state index contributed by atoms with van der Waals surface area (Å²) in [5, 5.41) is 22.1. The fourth-order valence-electron chi connectivity index (χ4n) is 4.42. The molecule has 7 nitrogen and oxygen atoms in total. The zero-order valence-corrected chi connectivity index (χ0v) is 22.5. The van der Waals surface area contributed by atoms with E-state index in [4.69, 9.17) is 20.8 Å². The Morgan fingerprint density at radius 3 is 2.57 bits per heavy atom. The lowest BCUT2D eigenvalue weighted by molar-refractivity contribution is -0.154. The third-order valence-corrected chi connectivity index (χ3v) is 7.37. The minimum Gasteiger partial charge on any atom is -0.456 e. The van der Waals surface area contributed by atoms with Crippen molar-refractivity contribution in [1.29, 1.82) is 0 Å². The molecule has 35 heavy (non-hydrogen) atoms. The van der Waals surface area contributed by atoms with Crippen LogP contribution in [0.2, 0.25) is 0 Å². The van der Waals surface area contributed by atoms with Gasteiger partial charge in [0.05, 0.1) is 29.1 Å². The number of ketones is 1. The Morgan fingerprint density at radius 2 is 1.97 bits per heavy atom. The van der Waals surface area contributed by atoms with Gasteiger partial charge < -0.3 is 19.4 Å². The van der Waals surface area contributed by atoms with Crippen LogP contribution in [0, 0.1) is 24.2 Å². The Morgan fingerprint density at radius 1 is 1.29 bits per heavy atom. The number of aryl methyl sites for hydroxylation is 1. The Balaban J connectivity index is 2.35. The van der Waals surface area contributed by atoms with Crippen molar-refractivity contribution in [2.45, 2.75) is 98.4 Å². The summed E-state index contributed by atoms with van der Waals surface area (Å²) in [5.41, 5.74) is 0.397. The number of Topliss-reactive ketones (excluding diaryl/α,β-unsaturated/α-hetero) is 1. The number of nitrogens with zero attached hydrogens (tertiary/aromatic N) is 1. The highest BCUT2D eigenvalue weighted by atomic mass is 35.5. The maximum atomic E-state index is 13.4. The van der Waals surface area contributed by atoms with Gasteiger partial charge in [0.15, 0.2) is 5.89 Å². The van der Waals surface area contributed by atoms with Crippen LogP contribution < -0.4 is 0 Å².